The number of hydrogen-bond acceptors (Lipinski definition) is 3. The lowest BCUT2D eigenvalue weighted by Crippen LogP contribution is -2.48. The van der Waals surface area contributed by atoms with Gasteiger partial charge in [0.1, 0.15) is 0 Å². The van der Waals surface area contributed by atoms with Gasteiger partial charge in [-0.2, -0.15) is 0 Å². The molecule has 2 aromatic rings. The third-order valence-electron chi connectivity index (χ3n) is 4.50. The van der Waals surface area contributed by atoms with E-state index in [9.17, 15) is 0 Å². The zero-order valence-electron chi connectivity index (χ0n) is 14.3. The van der Waals surface area contributed by atoms with E-state index in [4.69, 9.17) is 9.47 Å². The molecule has 0 unspecified atom stereocenters. The monoisotopic (exact) mass is 311 g/mol. The second-order valence-corrected chi connectivity index (χ2v) is 6.85. The fraction of sp³-hybridized carbons (Fsp3) is 0.400. The van der Waals surface area contributed by atoms with E-state index in [0.29, 0.717) is 0 Å². The van der Waals surface area contributed by atoms with E-state index < -0.39 is 0 Å². The Kier molecular flexibility index (Phi) is 4.31. The quantitative estimate of drug-likeness (QED) is 0.928. The molecule has 122 valence electrons. The summed E-state index contributed by atoms with van der Waals surface area (Å²) >= 11 is 0. The van der Waals surface area contributed by atoms with Crippen LogP contribution >= 0.6 is 0 Å². The molecule has 0 radical (unpaired) electrons. The largest absolute Gasteiger partial charge is 0.493 e. The van der Waals surface area contributed by atoms with Crippen LogP contribution in [0.25, 0.3) is 0 Å². The first kappa shape index (κ1) is 15.9. The molecule has 3 nitrogen and oxygen atoms in total. The Labute approximate surface area is 138 Å². The van der Waals surface area contributed by atoms with E-state index in [1.807, 2.05) is 0 Å². The second kappa shape index (κ2) is 6.25. The number of rotatable bonds is 4. The number of ether oxygens (including phenoxy) is 2. The molecule has 0 amide bonds. The molecule has 0 spiro atoms. The van der Waals surface area contributed by atoms with Gasteiger partial charge >= 0.3 is 0 Å². The SMILES string of the molecule is COc1cc2c(cc1OC)[C@H](Cc1ccccc1)NC(C)(C)C2. The Balaban J connectivity index is 2.01. The van der Waals surface area contributed by atoms with Crippen molar-refractivity contribution in [3.05, 3.63) is 59.2 Å². The van der Waals surface area contributed by atoms with Gasteiger partial charge in [0, 0.05) is 11.6 Å². The lowest BCUT2D eigenvalue weighted by molar-refractivity contribution is 0.303. The number of benzene rings is 2. The maximum atomic E-state index is 5.50. The zero-order valence-corrected chi connectivity index (χ0v) is 14.3. The van der Waals surface area contributed by atoms with E-state index >= 15 is 0 Å². The van der Waals surface area contributed by atoms with Crippen LogP contribution in [0.2, 0.25) is 0 Å². The van der Waals surface area contributed by atoms with Gasteiger partial charge in [0.25, 0.3) is 0 Å². The number of fused-ring (bicyclic) bond motifs is 1. The normalized spacial score (nSPS) is 19.0. The third-order valence-corrected chi connectivity index (χ3v) is 4.50. The molecule has 0 saturated carbocycles. The maximum Gasteiger partial charge on any atom is 0.161 e. The highest BCUT2D eigenvalue weighted by atomic mass is 16.5. The summed E-state index contributed by atoms with van der Waals surface area (Å²) in [6.45, 7) is 4.51. The Bertz CT molecular complexity index is 680. The van der Waals surface area contributed by atoms with Gasteiger partial charge < -0.3 is 14.8 Å². The number of nitrogens with one attached hydrogen (secondary N) is 1. The van der Waals surface area contributed by atoms with Crippen LogP contribution in [0.3, 0.4) is 0 Å². The van der Waals surface area contributed by atoms with Gasteiger partial charge in [0.15, 0.2) is 11.5 Å². The van der Waals surface area contributed by atoms with Gasteiger partial charge in [-0.15, -0.1) is 0 Å². The molecule has 23 heavy (non-hydrogen) atoms. The lowest BCUT2D eigenvalue weighted by atomic mass is 9.81. The van der Waals surface area contributed by atoms with Gasteiger partial charge in [-0.3, -0.25) is 0 Å². The summed E-state index contributed by atoms with van der Waals surface area (Å²) in [5.41, 5.74) is 4.05. The first-order valence-electron chi connectivity index (χ1n) is 8.09. The first-order chi connectivity index (χ1) is 11.0. The number of methoxy groups -OCH3 is 2. The highest BCUT2D eigenvalue weighted by molar-refractivity contribution is 5.50. The molecule has 0 saturated heterocycles. The van der Waals surface area contributed by atoms with Crippen LogP contribution in [-0.4, -0.2) is 19.8 Å². The number of hydrogen-bond donors (Lipinski definition) is 1. The molecule has 1 aliphatic rings. The molecule has 1 heterocycles. The van der Waals surface area contributed by atoms with Crippen molar-refractivity contribution in [3.8, 4) is 11.5 Å². The molecule has 3 heteroatoms. The molecule has 0 aromatic heterocycles. The zero-order chi connectivity index (χ0) is 16.4. The van der Waals surface area contributed by atoms with Crippen molar-refractivity contribution in [1.82, 2.24) is 5.32 Å². The first-order valence-corrected chi connectivity index (χ1v) is 8.09. The molecule has 0 aliphatic carbocycles. The van der Waals surface area contributed by atoms with E-state index in [-0.39, 0.29) is 11.6 Å². The van der Waals surface area contributed by atoms with Gasteiger partial charge in [0.2, 0.25) is 0 Å². The van der Waals surface area contributed by atoms with Crippen LogP contribution in [0.15, 0.2) is 42.5 Å². The minimum atomic E-state index is 0.0616. The van der Waals surface area contributed by atoms with Crippen LogP contribution in [0, 0.1) is 0 Å². The summed E-state index contributed by atoms with van der Waals surface area (Å²) in [6.07, 6.45) is 1.95. The highest BCUT2D eigenvalue weighted by Crippen LogP contribution is 2.39. The van der Waals surface area contributed by atoms with Crippen LogP contribution in [0.1, 0.15) is 36.6 Å². The van der Waals surface area contributed by atoms with Crippen molar-refractivity contribution >= 4 is 0 Å². The standard InChI is InChI=1S/C20H25NO2/c1-20(2)13-15-11-18(22-3)19(23-4)12-16(15)17(21-20)10-14-8-6-5-7-9-14/h5-9,11-12,17,21H,10,13H2,1-4H3/t17-/m0/s1. The molecule has 1 aliphatic heterocycles. The molecule has 0 fully saturated rings. The minimum Gasteiger partial charge on any atom is -0.493 e. The van der Waals surface area contributed by atoms with Crippen molar-refractivity contribution in [2.75, 3.05) is 14.2 Å². The second-order valence-electron chi connectivity index (χ2n) is 6.85. The fourth-order valence-electron chi connectivity index (χ4n) is 3.50. The minimum absolute atomic E-state index is 0.0616. The van der Waals surface area contributed by atoms with Crippen molar-refractivity contribution in [1.29, 1.82) is 0 Å². The van der Waals surface area contributed by atoms with E-state index in [1.165, 1.54) is 16.7 Å². The predicted molar refractivity (Wildman–Crippen MR) is 93.4 cm³/mol. The summed E-state index contributed by atoms with van der Waals surface area (Å²) in [7, 11) is 3.38. The van der Waals surface area contributed by atoms with Gasteiger partial charge in [-0.25, -0.2) is 0 Å². The Morgan fingerprint density at radius 1 is 1.04 bits per heavy atom. The molecular formula is C20H25NO2. The lowest BCUT2D eigenvalue weighted by Gasteiger charge is -2.39. The van der Waals surface area contributed by atoms with Crippen LogP contribution in [0.5, 0.6) is 11.5 Å². The van der Waals surface area contributed by atoms with E-state index in [2.05, 4.69) is 61.6 Å². The molecule has 3 rings (SSSR count). The Hall–Kier alpha value is -2.00. The topological polar surface area (TPSA) is 30.5 Å². The highest BCUT2D eigenvalue weighted by Gasteiger charge is 2.32. The predicted octanol–water partition coefficient (Wildman–Crippen LogP) is 3.91. The van der Waals surface area contributed by atoms with Crippen molar-refractivity contribution in [2.45, 2.75) is 38.3 Å². The summed E-state index contributed by atoms with van der Waals surface area (Å²) in [5.74, 6) is 1.60. The summed E-state index contributed by atoms with van der Waals surface area (Å²) in [4.78, 5) is 0. The third kappa shape index (κ3) is 3.35. The molecule has 1 atom stereocenters. The van der Waals surface area contributed by atoms with Gasteiger partial charge in [-0.05, 0) is 55.5 Å². The summed E-state index contributed by atoms with van der Waals surface area (Å²) in [5, 5.41) is 3.79. The Morgan fingerprint density at radius 3 is 2.35 bits per heavy atom. The van der Waals surface area contributed by atoms with Crippen molar-refractivity contribution < 1.29 is 9.47 Å². The van der Waals surface area contributed by atoms with Gasteiger partial charge in [0.05, 0.1) is 14.2 Å². The summed E-state index contributed by atoms with van der Waals surface area (Å²) < 4.78 is 11.0. The van der Waals surface area contributed by atoms with Crippen LogP contribution in [0.4, 0.5) is 0 Å². The molecule has 2 aromatic carbocycles. The van der Waals surface area contributed by atoms with Gasteiger partial charge in [-0.1, -0.05) is 30.3 Å². The maximum absolute atomic E-state index is 5.50. The molecule has 0 bridgehead atoms. The van der Waals surface area contributed by atoms with Crippen molar-refractivity contribution in [3.63, 3.8) is 0 Å². The summed E-state index contributed by atoms with van der Waals surface area (Å²) in [6, 6.07) is 15.2. The molecular weight excluding hydrogens is 286 g/mol. The van der Waals surface area contributed by atoms with E-state index in [0.717, 1.165) is 24.3 Å². The average molecular weight is 311 g/mol. The average Bonchev–Trinajstić information content (AvgIpc) is 2.53. The fourth-order valence-corrected chi connectivity index (χ4v) is 3.50. The Morgan fingerprint density at radius 2 is 1.70 bits per heavy atom. The van der Waals surface area contributed by atoms with Crippen molar-refractivity contribution in [2.24, 2.45) is 0 Å². The molecule has 1 N–H and O–H groups in total. The van der Waals surface area contributed by atoms with E-state index in [1.54, 1.807) is 14.2 Å². The van der Waals surface area contributed by atoms with Crippen LogP contribution in [-0.2, 0) is 12.8 Å². The smallest absolute Gasteiger partial charge is 0.161 e. The van der Waals surface area contributed by atoms with Crippen LogP contribution < -0.4 is 14.8 Å².